The van der Waals surface area contributed by atoms with Crippen LogP contribution in [0.3, 0.4) is 0 Å². The minimum absolute atomic E-state index is 0.0721. The fourth-order valence-electron chi connectivity index (χ4n) is 1.72. The van der Waals surface area contributed by atoms with Crippen molar-refractivity contribution >= 4 is 5.97 Å². The van der Waals surface area contributed by atoms with E-state index in [1.54, 1.807) is 30.3 Å². The van der Waals surface area contributed by atoms with Gasteiger partial charge in [0.05, 0.1) is 5.56 Å². The van der Waals surface area contributed by atoms with E-state index >= 15 is 0 Å². The van der Waals surface area contributed by atoms with E-state index in [-0.39, 0.29) is 11.1 Å². The smallest absolute Gasteiger partial charge is 0.478 e. The van der Waals surface area contributed by atoms with Crippen LogP contribution in [0.2, 0.25) is 0 Å². The number of hydrogen-bond donors (Lipinski definition) is 1. The minimum Gasteiger partial charge on any atom is -0.478 e. The molecule has 0 spiro atoms. The molecule has 0 unspecified atom stereocenters. The third-order valence-electron chi connectivity index (χ3n) is 2.54. The molecular weight excluding hydrogens is 273 g/mol. The Labute approximate surface area is 112 Å². The summed E-state index contributed by atoms with van der Waals surface area (Å²) < 4.78 is 41.0. The number of hydrogen-bond acceptors (Lipinski definition) is 2. The first-order valence-electron chi connectivity index (χ1n) is 5.55. The van der Waals surface area contributed by atoms with Crippen LogP contribution in [-0.4, -0.2) is 17.4 Å². The van der Waals surface area contributed by atoms with Crippen LogP contribution in [-0.2, 0) is 0 Å². The number of ether oxygens (including phenoxy) is 1. The average molecular weight is 282 g/mol. The van der Waals surface area contributed by atoms with Gasteiger partial charge in [0.25, 0.3) is 0 Å². The summed E-state index contributed by atoms with van der Waals surface area (Å²) in [5.41, 5.74) is 0.399. The molecule has 0 heterocycles. The van der Waals surface area contributed by atoms with E-state index in [1.165, 1.54) is 0 Å². The SMILES string of the molecule is O=C(O)c1ccc(OC(F)(F)F)c(-c2ccccc2)c1. The van der Waals surface area contributed by atoms with Gasteiger partial charge in [0, 0.05) is 5.56 Å². The average Bonchev–Trinajstić information content (AvgIpc) is 2.38. The highest BCUT2D eigenvalue weighted by Crippen LogP contribution is 2.34. The van der Waals surface area contributed by atoms with Crippen molar-refractivity contribution in [3.05, 3.63) is 54.1 Å². The van der Waals surface area contributed by atoms with Crippen LogP contribution in [0.4, 0.5) is 13.2 Å². The third kappa shape index (κ3) is 3.28. The molecule has 0 aromatic heterocycles. The number of rotatable bonds is 3. The largest absolute Gasteiger partial charge is 0.573 e. The van der Waals surface area contributed by atoms with Crippen LogP contribution >= 0.6 is 0 Å². The summed E-state index contributed by atoms with van der Waals surface area (Å²) in [4.78, 5) is 10.9. The molecule has 3 nitrogen and oxygen atoms in total. The number of halogens is 3. The Balaban J connectivity index is 2.54. The molecule has 0 bridgehead atoms. The number of carboxylic acids is 1. The lowest BCUT2D eigenvalue weighted by Gasteiger charge is -2.14. The number of alkyl halides is 3. The Bertz CT molecular complexity index is 621. The lowest BCUT2D eigenvalue weighted by atomic mass is 10.0. The number of aromatic carboxylic acids is 1. The van der Waals surface area contributed by atoms with E-state index < -0.39 is 18.1 Å². The van der Waals surface area contributed by atoms with Gasteiger partial charge in [-0.25, -0.2) is 4.79 Å². The van der Waals surface area contributed by atoms with Gasteiger partial charge in [-0.3, -0.25) is 0 Å². The van der Waals surface area contributed by atoms with Crippen molar-refractivity contribution < 1.29 is 27.8 Å². The molecule has 0 saturated heterocycles. The van der Waals surface area contributed by atoms with Gasteiger partial charge >= 0.3 is 12.3 Å². The van der Waals surface area contributed by atoms with Crippen molar-refractivity contribution in [2.75, 3.05) is 0 Å². The van der Waals surface area contributed by atoms with E-state index in [2.05, 4.69) is 4.74 Å². The van der Waals surface area contributed by atoms with Gasteiger partial charge in [-0.05, 0) is 23.8 Å². The molecule has 2 rings (SSSR count). The summed E-state index contributed by atoms with van der Waals surface area (Å²) in [6.45, 7) is 0. The zero-order valence-electron chi connectivity index (χ0n) is 10.0. The molecule has 0 aliphatic rings. The first-order valence-corrected chi connectivity index (χ1v) is 5.55. The molecule has 2 aromatic rings. The predicted molar refractivity (Wildman–Crippen MR) is 65.5 cm³/mol. The van der Waals surface area contributed by atoms with Gasteiger partial charge < -0.3 is 9.84 Å². The zero-order valence-corrected chi connectivity index (χ0v) is 10.0. The summed E-state index contributed by atoms with van der Waals surface area (Å²) in [5, 5.41) is 8.92. The molecule has 0 fully saturated rings. The zero-order chi connectivity index (χ0) is 14.8. The Morgan fingerprint density at radius 2 is 1.70 bits per heavy atom. The van der Waals surface area contributed by atoms with Crippen molar-refractivity contribution in [2.24, 2.45) is 0 Å². The topological polar surface area (TPSA) is 46.5 Å². The molecule has 6 heteroatoms. The lowest BCUT2D eigenvalue weighted by molar-refractivity contribution is -0.274. The first-order chi connectivity index (χ1) is 9.37. The maximum absolute atomic E-state index is 12.4. The van der Waals surface area contributed by atoms with E-state index in [0.29, 0.717) is 5.56 Å². The molecule has 0 saturated carbocycles. The van der Waals surface area contributed by atoms with Crippen molar-refractivity contribution in [2.45, 2.75) is 6.36 Å². The van der Waals surface area contributed by atoms with Gasteiger partial charge in [-0.1, -0.05) is 30.3 Å². The predicted octanol–water partition coefficient (Wildman–Crippen LogP) is 3.95. The summed E-state index contributed by atoms with van der Waals surface area (Å²) in [6.07, 6.45) is -4.84. The van der Waals surface area contributed by atoms with Crippen LogP contribution in [0.15, 0.2) is 48.5 Å². The number of benzene rings is 2. The van der Waals surface area contributed by atoms with Gasteiger partial charge in [0.1, 0.15) is 5.75 Å². The molecule has 104 valence electrons. The van der Waals surface area contributed by atoms with Crippen LogP contribution < -0.4 is 4.74 Å². The highest BCUT2D eigenvalue weighted by Gasteiger charge is 2.32. The van der Waals surface area contributed by atoms with Crippen molar-refractivity contribution in [1.82, 2.24) is 0 Å². The molecule has 2 aromatic carbocycles. The maximum atomic E-state index is 12.4. The van der Waals surface area contributed by atoms with E-state index in [9.17, 15) is 18.0 Å². The second kappa shape index (κ2) is 5.24. The lowest BCUT2D eigenvalue weighted by Crippen LogP contribution is -2.17. The minimum atomic E-state index is -4.84. The Hall–Kier alpha value is -2.50. The van der Waals surface area contributed by atoms with Gasteiger partial charge in [0.2, 0.25) is 0 Å². The van der Waals surface area contributed by atoms with Crippen molar-refractivity contribution in [3.8, 4) is 16.9 Å². The third-order valence-corrected chi connectivity index (χ3v) is 2.54. The molecule has 20 heavy (non-hydrogen) atoms. The fourth-order valence-corrected chi connectivity index (χ4v) is 1.72. The summed E-state index contributed by atoms with van der Waals surface area (Å²) in [6, 6.07) is 11.3. The quantitative estimate of drug-likeness (QED) is 0.927. The Morgan fingerprint density at radius 3 is 2.25 bits per heavy atom. The molecule has 0 aliphatic carbocycles. The monoisotopic (exact) mass is 282 g/mol. The second-order valence-corrected chi connectivity index (χ2v) is 3.93. The molecular formula is C14H9F3O3. The van der Waals surface area contributed by atoms with E-state index in [1.807, 2.05) is 0 Å². The van der Waals surface area contributed by atoms with Crippen LogP contribution in [0.1, 0.15) is 10.4 Å². The fraction of sp³-hybridized carbons (Fsp3) is 0.0714. The van der Waals surface area contributed by atoms with Crippen LogP contribution in [0.25, 0.3) is 11.1 Å². The molecule has 0 amide bonds. The molecule has 1 N–H and O–H groups in total. The number of carbonyl (C=O) groups is 1. The van der Waals surface area contributed by atoms with Crippen LogP contribution in [0, 0.1) is 0 Å². The maximum Gasteiger partial charge on any atom is 0.573 e. The van der Waals surface area contributed by atoms with Gasteiger partial charge in [-0.15, -0.1) is 13.2 Å². The Morgan fingerprint density at radius 1 is 1.05 bits per heavy atom. The molecule has 0 atom stereocenters. The standard InChI is InChI=1S/C14H9F3O3/c15-14(16,17)20-12-7-6-10(13(18)19)8-11(12)9-4-2-1-3-5-9/h1-8H,(H,18,19). The summed E-state index contributed by atoms with van der Waals surface area (Å²) >= 11 is 0. The first kappa shape index (κ1) is 13.9. The van der Waals surface area contributed by atoms with Crippen molar-refractivity contribution in [3.63, 3.8) is 0 Å². The summed E-state index contributed by atoms with van der Waals surface area (Å²) in [7, 11) is 0. The summed E-state index contributed by atoms with van der Waals surface area (Å²) in [5.74, 6) is -1.66. The van der Waals surface area contributed by atoms with Gasteiger partial charge in [0.15, 0.2) is 0 Å². The van der Waals surface area contributed by atoms with E-state index in [0.717, 1.165) is 18.2 Å². The normalized spacial score (nSPS) is 11.2. The number of carboxylic acid groups (broad SMARTS) is 1. The van der Waals surface area contributed by atoms with E-state index in [4.69, 9.17) is 5.11 Å². The Kier molecular flexibility index (Phi) is 3.65. The second-order valence-electron chi connectivity index (χ2n) is 3.93. The van der Waals surface area contributed by atoms with Crippen molar-refractivity contribution in [1.29, 1.82) is 0 Å². The van der Waals surface area contributed by atoms with Gasteiger partial charge in [-0.2, -0.15) is 0 Å². The molecule has 0 radical (unpaired) electrons. The highest BCUT2D eigenvalue weighted by molar-refractivity contribution is 5.90. The highest BCUT2D eigenvalue weighted by atomic mass is 19.4. The molecule has 0 aliphatic heterocycles. The van der Waals surface area contributed by atoms with Crippen LogP contribution in [0.5, 0.6) is 5.75 Å².